The predicted octanol–water partition coefficient (Wildman–Crippen LogP) is 6.31. The van der Waals surface area contributed by atoms with E-state index < -0.39 is 84.0 Å². The Balaban J connectivity index is 0.000000495. The maximum atomic E-state index is 14.0. The SMILES string of the molecule is CC(C)(Oc1ccc(Cl)cc1)C(=O)O.O=C(OC1C(OC(=O)c2cccnc2)C(OC(=O)c2cccnc2)C(OC(=O)c2cccnc2)C(OC(=O)c2cccnc2)C1OC(=O)c1cccnc1)c1cccnc1. The van der Waals surface area contributed by atoms with Crippen molar-refractivity contribution in [3.05, 3.63) is 210 Å². The van der Waals surface area contributed by atoms with Crippen molar-refractivity contribution in [2.45, 2.75) is 56.1 Å². The number of pyridine rings is 6. The number of carboxylic acids is 1. The summed E-state index contributed by atoms with van der Waals surface area (Å²) in [6.45, 7) is 2.98. The molecule has 1 aliphatic rings. The third-order valence-electron chi connectivity index (χ3n) is 10.5. The second-order valence-corrected chi connectivity index (χ2v) is 16.5. The Kier molecular flexibility index (Phi) is 17.4. The second-order valence-electron chi connectivity index (χ2n) is 16.0. The van der Waals surface area contributed by atoms with Crippen molar-refractivity contribution in [2.24, 2.45) is 0 Å². The Morgan fingerprint density at radius 1 is 0.392 bits per heavy atom. The molecule has 0 bridgehead atoms. The second kappa shape index (κ2) is 24.6. The fourth-order valence-electron chi connectivity index (χ4n) is 6.82. The third kappa shape index (κ3) is 13.7. The van der Waals surface area contributed by atoms with Crippen LogP contribution >= 0.6 is 11.6 Å². The number of hydrogen-bond donors (Lipinski definition) is 1. The highest BCUT2D eigenvalue weighted by Gasteiger charge is 2.62. The number of nitrogens with zero attached hydrogens (tertiary/aromatic N) is 6. The van der Waals surface area contributed by atoms with Crippen LogP contribution in [0, 0.1) is 0 Å². The van der Waals surface area contributed by atoms with Crippen molar-refractivity contribution in [3.8, 4) is 5.75 Å². The van der Waals surface area contributed by atoms with Crippen LogP contribution in [0.4, 0.5) is 0 Å². The van der Waals surface area contributed by atoms with Gasteiger partial charge in [-0.1, -0.05) is 11.6 Å². The van der Waals surface area contributed by atoms with Crippen LogP contribution in [0.1, 0.15) is 76.0 Å². The van der Waals surface area contributed by atoms with Gasteiger partial charge in [0.05, 0.1) is 33.4 Å². The smallest absolute Gasteiger partial charge is 0.347 e. The Morgan fingerprint density at radius 2 is 0.608 bits per heavy atom. The number of ether oxygens (including phenoxy) is 7. The summed E-state index contributed by atoms with van der Waals surface area (Å²) in [5, 5.41) is 9.39. The van der Waals surface area contributed by atoms with Crippen LogP contribution < -0.4 is 4.74 Å². The van der Waals surface area contributed by atoms with E-state index >= 15 is 0 Å². The Labute approximate surface area is 425 Å². The summed E-state index contributed by atoms with van der Waals surface area (Å²) >= 11 is 5.67. The minimum atomic E-state index is -1.99. The summed E-state index contributed by atoms with van der Waals surface area (Å²) in [7, 11) is 0. The molecule has 0 aliphatic heterocycles. The van der Waals surface area contributed by atoms with Gasteiger partial charge in [0.15, 0.2) is 42.2 Å². The minimum absolute atomic E-state index is 0.106. The summed E-state index contributed by atoms with van der Waals surface area (Å²) in [6, 6.07) is 23.4. The maximum Gasteiger partial charge on any atom is 0.347 e. The lowest BCUT2D eigenvalue weighted by atomic mass is 9.83. The van der Waals surface area contributed by atoms with Crippen molar-refractivity contribution in [1.82, 2.24) is 29.9 Å². The van der Waals surface area contributed by atoms with Gasteiger partial charge >= 0.3 is 41.8 Å². The molecule has 1 fully saturated rings. The van der Waals surface area contributed by atoms with E-state index in [0.29, 0.717) is 10.8 Å². The largest absolute Gasteiger partial charge is 0.478 e. The molecule has 376 valence electrons. The molecule has 0 unspecified atom stereocenters. The van der Waals surface area contributed by atoms with Crippen LogP contribution in [-0.4, -0.2) is 119 Å². The zero-order valence-electron chi connectivity index (χ0n) is 38.9. The molecule has 21 nitrogen and oxygen atoms in total. The van der Waals surface area contributed by atoms with Gasteiger partial charge in [-0.25, -0.2) is 33.6 Å². The zero-order valence-corrected chi connectivity index (χ0v) is 39.6. The van der Waals surface area contributed by atoms with Crippen LogP contribution in [0.15, 0.2) is 171 Å². The number of carbonyl (C=O) groups is 7. The first-order chi connectivity index (χ1) is 35.7. The molecule has 8 rings (SSSR count). The van der Waals surface area contributed by atoms with Gasteiger partial charge in [0.25, 0.3) is 0 Å². The van der Waals surface area contributed by atoms with Crippen molar-refractivity contribution >= 4 is 53.4 Å². The van der Waals surface area contributed by atoms with Crippen molar-refractivity contribution < 1.29 is 71.8 Å². The van der Waals surface area contributed by atoms with E-state index in [9.17, 15) is 33.6 Å². The molecule has 6 heterocycles. The van der Waals surface area contributed by atoms with E-state index in [0.717, 1.165) is 0 Å². The van der Waals surface area contributed by atoms with Gasteiger partial charge in [-0.15, -0.1) is 0 Å². The molecular weight excluding hydrogens is 984 g/mol. The number of aliphatic carboxylic acids is 1. The van der Waals surface area contributed by atoms with E-state index in [4.69, 9.17) is 49.9 Å². The van der Waals surface area contributed by atoms with Crippen molar-refractivity contribution in [3.63, 3.8) is 0 Å². The summed E-state index contributed by atoms with van der Waals surface area (Å²) < 4.78 is 41.4. The molecule has 1 aromatic carbocycles. The van der Waals surface area contributed by atoms with Crippen molar-refractivity contribution in [2.75, 3.05) is 0 Å². The van der Waals surface area contributed by atoms with Gasteiger partial charge in [0, 0.05) is 79.4 Å². The first-order valence-corrected chi connectivity index (χ1v) is 22.4. The van der Waals surface area contributed by atoms with Crippen LogP contribution in [0.2, 0.25) is 5.02 Å². The Hall–Kier alpha value is -9.50. The summed E-state index contributed by atoms with van der Waals surface area (Å²) in [5.41, 5.74) is -1.87. The number of halogens is 1. The average Bonchev–Trinajstić information content (AvgIpc) is 3.43. The number of carbonyl (C=O) groups excluding carboxylic acids is 6. The number of rotatable bonds is 15. The zero-order chi connectivity index (χ0) is 52.6. The lowest BCUT2D eigenvalue weighted by Crippen LogP contribution is -2.69. The highest BCUT2D eigenvalue weighted by molar-refractivity contribution is 6.30. The Bertz CT molecular complexity index is 2580. The molecule has 7 aromatic rings. The van der Waals surface area contributed by atoms with Crippen LogP contribution in [0.25, 0.3) is 0 Å². The molecule has 0 radical (unpaired) electrons. The van der Waals surface area contributed by atoms with E-state index in [1.165, 1.54) is 161 Å². The molecule has 0 spiro atoms. The molecule has 22 heteroatoms. The molecule has 0 amide bonds. The molecule has 1 saturated carbocycles. The van der Waals surface area contributed by atoms with Crippen LogP contribution in [0.5, 0.6) is 5.75 Å². The Morgan fingerprint density at radius 3 is 0.784 bits per heavy atom. The molecule has 1 aliphatic carbocycles. The molecule has 0 atom stereocenters. The number of carboxylic acid groups (broad SMARTS) is 1. The predicted molar refractivity (Wildman–Crippen MR) is 254 cm³/mol. The summed E-state index contributed by atoms with van der Waals surface area (Å²) in [5.74, 6) is -7.03. The van der Waals surface area contributed by atoms with E-state index in [1.807, 2.05) is 0 Å². The van der Waals surface area contributed by atoms with Gasteiger partial charge in [-0.2, -0.15) is 0 Å². The standard InChI is InChI=1S/C42H30N6O12.C10H11ClO3/c49-37(25-7-1-13-43-19-25)55-31-32(56-38(50)26-8-2-14-44-20-26)34(58-40(52)28-10-4-16-46-22-28)36(60-42(54)30-12-6-18-48-24-30)35(59-41(53)29-11-5-17-47-23-29)33(31)57-39(51)27-9-3-15-45-21-27;1-10(2,9(12)13)14-8-5-3-7(11)4-6-8/h1-24,31-36H;3-6H,1-2H3,(H,12,13). The molecule has 0 saturated heterocycles. The topological polar surface area (TPSA) is 282 Å². The number of aromatic nitrogens is 6. The molecule has 1 N–H and O–H groups in total. The lowest BCUT2D eigenvalue weighted by Gasteiger charge is -2.47. The monoisotopic (exact) mass is 1020 g/mol. The number of benzene rings is 1. The first kappa shape index (κ1) is 52.3. The highest BCUT2D eigenvalue weighted by atomic mass is 35.5. The van der Waals surface area contributed by atoms with Gasteiger partial charge < -0.3 is 38.3 Å². The third-order valence-corrected chi connectivity index (χ3v) is 10.7. The highest BCUT2D eigenvalue weighted by Crippen LogP contribution is 2.37. The van der Waals surface area contributed by atoms with Gasteiger partial charge in [0.1, 0.15) is 5.75 Å². The first-order valence-electron chi connectivity index (χ1n) is 22.0. The van der Waals surface area contributed by atoms with E-state index in [1.54, 1.807) is 24.3 Å². The fraction of sp³-hybridized carbons (Fsp3) is 0.173. The van der Waals surface area contributed by atoms with Crippen molar-refractivity contribution in [1.29, 1.82) is 0 Å². The fourth-order valence-corrected chi connectivity index (χ4v) is 6.94. The molecule has 6 aromatic heterocycles. The molecule has 74 heavy (non-hydrogen) atoms. The summed E-state index contributed by atoms with van der Waals surface area (Å²) in [4.78, 5) is 118. The minimum Gasteiger partial charge on any atom is -0.478 e. The average molecular weight is 1030 g/mol. The summed E-state index contributed by atoms with van der Waals surface area (Å²) in [6.07, 6.45) is 3.50. The van der Waals surface area contributed by atoms with E-state index in [2.05, 4.69) is 29.9 Å². The number of hydrogen-bond acceptors (Lipinski definition) is 20. The molecular formula is C52H41ClN6O15. The van der Waals surface area contributed by atoms with Crippen LogP contribution in [-0.2, 0) is 33.2 Å². The quantitative estimate of drug-likeness (QED) is 0.0870. The maximum absolute atomic E-state index is 14.0. The van der Waals surface area contributed by atoms with E-state index in [-0.39, 0.29) is 33.4 Å². The lowest BCUT2D eigenvalue weighted by molar-refractivity contribution is -0.223. The van der Waals surface area contributed by atoms with Crippen LogP contribution in [0.3, 0.4) is 0 Å². The number of esters is 6. The normalized spacial score (nSPS) is 17.8. The van der Waals surface area contributed by atoms with Gasteiger partial charge in [0.2, 0.25) is 0 Å². The van der Waals surface area contributed by atoms with Gasteiger partial charge in [-0.05, 0) is 111 Å². The van der Waals surface area contributed by atoms with Gasteiger partial charge in [-0.3, -0.25) is 29.9 Å².